The fourth-order valence-corrected chi connectivity index (χ4v) is 0.802. The van der Waals surface area contributed by atoms with Gasteiger partial charge in [-0.1, -0.05) is 18.2 Å². The predicted molar refractivity (Wildman–Crippen MR) is 46.5 cm³/mol. The Balaban J connectivity index is 2.68. The molecule has 0 radical (unpaired) electrons. The molecule has 0 unspecified atom stereocenters. The van der Waals surface area contributed by atoms with Gasteiger partial charge in [0.25, 0.3) is 0 Å². The second-order valence-electron chi connectivity index (χ2n) is 2.39. The van der Waals surface area contributed by atoms with Gasteiger partial charge in [-0.2, -0.15) is 0 Å². The highest BCUT2D eigenvalue weighted by molar-refractivity contribution is 5.82. The maximum absolute atomic E-state index is 12.9. The van der Waals surface area contributed by atoms with Crippen molar-refractivity contribution in [1.29, 1.82) is 0 Å². The average Bonchev–Trinajstić information content (AvgIpc) is 2.08. The fourth-order valence-electron chi connectivity index (χ4n) is 0.802. The Bertz CT molecular complexity index is 336. The molecule has 0 aliphatic rings. The van der Waals surface area contributed by atoms with Crippen LogP contribution in [0, 0.1) is 5.82 Å². The van der Waals surface area contributed by atoms with Crippen molar-refractivity contribution >= 4 is 12.2 Å². The maximum atomic E-state index is 12.9. The lowest BCUT2D eigenvalue weighted by molar-refractivity contribution is -0.135. The summed E-state index contributed by atoms with van der Waals surface area (Å²) in [5, 5.41) is 8.25. The van der Waals surface area contributed by atoms with Gasteiger partial charge in [-0.15, -0.1) is 0 Å². The number of nitrogens with zero attached hydrogens (tertiary/aromatic N) is 1. The smallest absolute Gasteiger partial charge is 0.325 e. The van der Waals surface area contributed by atoms with Crippen molar-refractivity contribution in [2.45, 2.75) is 0 Å². The van der Waals surface area contributed by atoms with Crippen molar-refractivity contribution in [3.05, 3.63) is 35.6 Å². The monoisotopic (exact) mass is 181 g/mol. The molecular formula is C9H8FNO2. The SMILES string of the molecule is O=C(O)CN=Cc1ccccc1F. The third kappa shape index (κ3) is 3.02. The van der Waals surface area contributed by atoms with E-state index in [0.29, 0.717) is 5.56 Å². The van der Waals surface area contributed by atoms with Crippen LogP contribution in [0.5, 0.6) is 0 Å². The molecule has 4 heteroatoms. The number of benzene rings is 1. The van der Waals surface area contributed by atoms with Gasteiger partial charge in [-0.3, -0.25) is 9.79 Å². The molecule has 0 aliphatic heterocycles. The summed E-state index contributed by atoms with van der Waals surface area (Å²) in [4.78, 5) is 13.6. The maximum Gasteiger partial charge on any atom is 0.325 e. The molecule has 0 heterocycles. The largest absolute Gasteiger partial charge is 0.480 e. The lowest BCUT2D eigenvalue weighted by atomic mass is 10.2. The Kier molecular flexibility index (Phi) is 3.14. The van der Waals surface area contributed by atoms with Crippen LogP contribution in [-0.4, -0.2) is 23.8 Å². The molecule has 1 N–H and O–H groups in total. The van der Waals surface area contributed by atoms with Gasteiger partial charge in [0.15, 0.2) is 0 Å². The van der Waals surface area contributed by atoms with Crippen LogP contribution in [0.25, 0.3) is 0 Å². The minimum Gasteiger partial charge on any atom is -0.480 e. The number of halogens is 1. The zero-order valence-electron chi connectivity index (χ0n) is 6.77. The first-order valence-corrected chi connectivity index (χ1v) is 3.66. The van der Waals surface area contributed by atoms with Crippen molar-refractivity contribution in [3.8, 4) is 0 Å². The molecule has 0 amide bonds. The molecule has 3 nitrogen and oxygen atoms in total. The van der Waals surface area contributed by atoms with Crippen LogP contribution in [0.1, 0.15) is 5.56 Å². The van der Waals surface area contributed by atoms with Gasteiger partial charge in [-0.05, 0) is 6.07 Å². The van der Waals surface area contributed by atoms with Crippen molar-refractivity contribution in [1.82, 2.24) is 0 Å². The van der Waals surface area contributed by atoms with Gasteiger partial charge in [0.2, 0.25) is 0 Å². The van der Waals surface area contributed by atoms with Crippen LogP contribution in [0.15, 0.2) is 29.3 Å². The summed E-state index contributed by atoms with van der Waals surface area (Å²) < 4.78 is 12.9. The number of hydrogen-bond donors (Lipinski definition) is 1. The second kappa shape index (κ2) is 4.35. The molecule has 0 aromatic heterocycles. The standard InChI is InChI=1S/C9H8FNO2/c10-8-4-2-1-3-7(8)5-11-6-9(12)13/h1-5H,6H2,(H,12,13). The fraction of sp³-hybridized carbons (Fsp3) is 0.111. The zero-order valence-corrected chi connectivity index (χ0v) is 6.77. The van der Waals surface area contributed by atoms with Gasteiger partial charge >= 0.3 is 5.97 Å². The quantitative estimate of drug-likeness (QED) is 0.715. The average molecular weight is 181 g/mol. The van der Waals surface area contributed by atoms with Crippen molar-refractivity contribution < 1.29 is 14.3 Å². The van der Waals surface area contributed by atoms with E-state index >= 15 is 0 Å². The van der Waals surface area contributed by atoms with E-state index in [1.165, 1.54) is 18.3 Å². The Morgan fingerprint density at radius 2 is 2.23 bits per heavy atom. The molecule has 0 bridgehead atoms. The molecule has 0 atom stereocenters. The van der Waals surface area contributed by atoms with E-state index < -0.39 is 11.8 Å². The van der Waals surface area contributed by atoms with Crippen molar-refractivity contribution in [2.75, 3.05) is 6.54 Å². The summed E-state index contributed by atoms with van der Waals surface area (Å²) in [6, 6.07) is 6.04. The van der Waals surface area contributed by atoms with E-state index in [9.17, 15) is 9.18 Å². The molecule has 1 aromatic rings. The van der Waals surface area contributed by atoms with Gasteiger partial charge in [0.05, 0.1) is 0 Å². The number of rotatable bonds is 3. The topological polar surface area (TPSA) is 49.7 Å². The predicted octanol–water partition coefficient (Wildman–Crippen LogP) is 1.33. The summed E-state index contributed by atoms with van der Waals surface area (Å²) in [7, 11) is 0. The minimum atomic E-state index is -1.03. The van der Waals surface area contributed by atoms with Crippen LogP contribution in [0.2, 0.25) is 0 Å². The highest BCUT2D eigenvalue weighted by Gasteiger charge is 1.96. The van der Waals surface area contributed by atoms with Crippen LogP contribution in [-0.2, 0) is 4.79 Å². The van der Waals surface area contributed by atoms with E-state index in [-0.39, 0.29) is 6.54 Å². The number of aliphatic carboxylic acids is 1. The summed E-state index contributed by atoms with van der Waals surface area (Å²) in [5.74, 6) is -1.44. The number of carboxylic acid groups (broad SMARTS) is 1. The molecule has 1 rings (SSSR count). The van der Waals surface area contributed by atoms with Crippen LogP contribution >= 0.6 is 0 Å². The Hall–Kier alpha value is -1.71. The summed E-state index contributed by atoms with van der Waals surface area (Å²) in [5.41, 5.74) is 0.295. The molecule has 0 fully saturated rings. The van der Waals surface area contributed by atoms with Crippen LogP contribution in [0.4, 0.5) is 4.39 Å². The Morgan fingerprint density at radius 1 is 1.54 bits per heavy atom. The minimum absolute atomic E-state index is 0.295. The van der Waals surface area contributed by atoms with Gasteiger partial charge in [0.1, 0.15) is 12.4 Å². The summed E-state index contributed by atoms with van der Waals surface area (Å²) in [6.45, 7) is -0.339. The second-order valence-corrected chi connectivity index (χ2v) is 2.39. The highest BCUT2D eigenvalue weighted by atomic mass is 19.1. The third-order valence-electron chi connectivity index (χ3n) is 1.36. The van der Waals surface area contributed by atoms with E-state index in [0.717, 1.165) is 0 Å². The van der Waals surface area contributed by atoms with Crippen molar-refractivity contribution in [3.63, 3.8) is 0 Å². The van der Waals surface area contributed by atoms with E-state index in [4.69, 9.17) is 5.11 Å². The molecule has 0 spiro atoms. The molecule has 13 heavy (non-hydrogen) atoms. The van der Waals surface area contributed by atoms with E-state index in [2.05, 4.69) is 4.99 Å². The highest BCUT2D eigenvalue weighted by Crippen LogP contribution is 2.02. The third-order valence-corrected chi connectivity index (χ3v) is 1.36. The summed E-state index contributed by atoms with van der Waals surface area (Å²) in [6.07, 6.45) is 1.21. The van der Waals surface area contributed by atoms with Crippen LogP contribution in [0.3, 0.4) is 0 Å². The number of carboxylic acids is 1. The number of carbonyl (C=O) groups is 1. The molecular weight excluding hydrogens is 173 g/mol. The number of aliphatic imine (C=N–C) groups is 1. The van der Waals surface area contributed by atoms with Gasteiger partial charge < -0.3 is 5.11 Å². The molecule has 0 saturated heterocycles. The summed E-state index contributed by atoms with van der Waals surface area (Å²) >= 11 is 0. The molecule has 68 valence electrons. The first-order chi connectivity index (χ1) is 6.20. The molecule has 1 aromatic carbocycles. The lowest BCUT2D eigenvalue weighted by Gasteiger charge is -1.93. The molecule has 0 aliphatic carbocycles. The molecule has 0 saturated carbocycles. The first-order valence-electron chi connectivity index (χ1n) is 3.66. The van der Waals surface area contributed by atoms with E-state index in [1.54, 1.807) is 12.1 Å². The van der Waals surface area contributed by atoms with Gasteiger partial charge in [-0.25, -0.2) is 4.39 Å². The Morgan fingerprint density at radius 3 is 2.85 bits per heavy atom. The Labute approximate surface area is 74.5 Å². The zero-order chi connectivity index (χ0) is 9.68. The first kappa shape index (κ1) is 9.38. The normalized spacial score (nSPS) is 10.5. The van der Waals surface area contributed by atoms with Crippen molar-refractivity contribution in [2.24, 2.45) is 4.99 Å². The number of hydrogen-bond acceptors (Lipinski definition) is 2. The van der Waals surface area contributed by atoms with E-state index in [1.807, 2.05) is 0 Å². The van der Waals surface area contributed by atoms with Crippen LogP contribution < -0.4 is 0 Å². The lowest BCUT2D eigenvalue weighted by Crippen LogP contribution is -1.99. The van der Waals surface area contributed by atoms with Gasteiger partial charge in [0, 0.05) is 11.8 Å².